The summed E-state index contributed by atoms with van der Waals surface area (Å²) in [5.74, 6) is -3.27. The second-order valence-corrected chi connectivity index (χ2v) is 7.47. The minimum atomic E-state index is -4.71. The number of carbonyl (C=O) groups excluding carboxylic acids is 2. The molecule has 0 aromatic heterocycles. The lowest BCUT2D eigenvalue weighted by molar-refractivity contribution is -0.137. The van der Waals surface area contributed by atoms with Gasteiger partial charge < -0.3 is 9.84 Å². The Morgan fingerprint density at radius 1 is 0.971 bits per heavy atom. The summed E-state index contributed by atoms with van der Waals surface area (Å²) in [4.78, 5) is 26.8. The van der Waals surface area contributed by atoms with Crippen LogP contribution in [0.2, 0.25) is 0 Å². The molecule has 0 saturated carbocycles. The number of alkyl halides is 3. The van der Waals surface area contributed by atoms with Gasteiger partial charge in [-0.05, 0) is 48.5 Å². The third kappa shape index (κ3) is 4.00. The first kappa shape index (κ1) is 23.0. The number of hydrogen-bond acceptors (Lipinski definition) is 4. The van der Waals surface area contributed by atoms with Crippen LogP contribution in [0.5, 0.6) is 5.75 Å². The molecule has 5 nitrogen and oxygen atoms in total. The summed E-state index contributed by atoms with van der Waals surface area (Å²) in [5.41, 5.74) is -1.77. The number of anilines is 1. The van der Waals surface area contributed by atoms with Crippen molar-refractivity contribution in [2.45, 2.75) is 12.2 Å². The van der Waals surface area contributed by atoms with E-state index in [0.717, 1.165) is 23.1 Å². The Kier molecular flexibility index (Phi) is 5.87. The summed E-state index contributed by atoms with van der Waals surface area (Å²) < 4.78 is 59.8. The zero-order chi connectivity index (χ0) is 24.6. The summed E-state index contributed by atoms with van der Waals surface area (Å²) in [6.07, 6.45) is -4.71. The standard InChI is InChI=1S/C25H17F4NO4/c1-34-17-11-9-14(10-12-17)22(31)20-21(18-7-2-3-8-19(18)26)30(24(33)23(20)32)16-6-4-5-15(13-16)25(27,28)29/h2-13,21,31H,1H3/b22-20+/t21-/m0/s1. The number of aliphatic hydroxyl groups is 1. The van der Waals surface area contributed by atoms with Crippen LogP contribution in [0.15, 0.2) is 78.4 Å². The quantitative estimate of drug-likeness (QED) is 0.237. The van der Waals surface area contributed by atoms with Crippen molar-refractivity contribution in [3.8, 4) is 5.75 Å². The molecule has 3 aromatic carbocycles. The molecule has 1 atom stereocenters. The van der Waals surface area contributed by atoms with Crippen molar-refractivity contribution < 1.29 is 37.0 Å². The third-order valence-corrected chi connectivity index (χ3v) is 5.46. The second kappa shape index (κ2) is 8.66. The highest BCUT2D eigenvalue weighted by molar-refractivity contribution is 6.51. The zero-order valence-electron chi connectivity index (χ0n) is 17.6. The fourth-order valence-corrected chi connectivity index (χ4v) is 3.83. The lowest BCUT2D eigenvalue weighted by Crippen LogP contribution is -2.30. The normalized spacial score (nSPS) is 17.8. The lowest BCUT2D eigenvalue weighted by Gasteiger charge is -2.26. The largest absolute Gasteiger partial charge is 0.507 e. The van der Waals surface area contributed by atoms with E-state index in [-0.39, 0.29) is 16.8 Å². The van der Waals surface area contributed by atoms with Crippen molar-refractivity contribution in [1.82, 2.24) is 0 Å². The van der Waals surface area contributed by atoms with E-state index < -0.39 is 46.6 Å². The highest BCUT2D eigenvalue weighted by atomic mass is 19.4. The summed E-state index contributed by atoms with van der Waals surface area (Å²) >= 11 is 0. The highest BCUT2D eigenvalue weighted by Gasteiger charge is 2.48. The number of hydrogen-bond donors (Lipinski definition) is 1. The van der Waals surface area contributed by atoms with Gasteiger partial charge in [0.2, 0.25) is 0 Å². The van der Waals surface area contributed by atoms with Crippen LogP contribution in [0.25, 0.3) is 5.76 Å². The molecule has 1 amide bonds. The number of amides is 1. The molecule has 1 fully saturated rings. The SMILES string of the molecule is COc1ccc(/C(O)=C2\C(=O)C(=O)N(c3cccc(C(F)(F)F)c3)[C@H]2c2ccccc2F)cc1. The summed E-state index contributed by atoms with van der Waals surface area (Å²) in [7, 11) is 1.44. The average Bonchev–Trinajstić information content (AvgIpc) is 3.08. The second-order valence-electron chi connectivity index (χ2n) is 7.47. The van der Waals surface area contributed by atoms with Gasteiger partial charge in [-0.1, -0.05) is 24.3 Å². The van der Waals surface area contributed by atoms with Crippen molar-refractivity contribution in [1.29, 1.82) is 0 Å². The smallest absolute Gasteiger partial charge is 0.416 e. The molecular weight excluding hydrogens is 454 g/mol. The van der Waals surface area contributed by atoms with Crippen LogP contribution in [0.4, 0.5) is 23.2 Å². The number of benzene rings is 3. The molecule has 174 valence electrons. The van der Waals surface area contributed by atoms with E-state index >= 15 is 0 Å². The molecular formula is C25H17F4NO4. The Labute approximate surface area is 191 Å². The molecule has 1 heterocycles. The Hall–Kier alpha value is -4.14. The van der Waals surface area contributed by atoms with Crippen LogP contribution in [0.3, 0.4) is 0 Å². The molecule has 4 rings (SSSR count). The van der Waals surface area contributed by atoms with E-state index in [2.05, 4.69) is 0 Å². The number of ether oxygens (including phenoxy) is 1. The Bertz CT molecular complexity index is 1300. The van der Waals surface area contributed by atoms with E-state index in [4.69, 9.17) is 4.74 Å². The Morgan fingerprint density at radius 2 is 1.65 bits per heavy atom. The van der Waals surface area contributed by atoms with Crippen LogP contribution in [0, 0.1) is 5.82 Å². The van der Waals surface area contributed by atoms with Gasteiger partial charge in [-0.15, -0.1) is 0 Å². The van der Waals surface area contributed by atoms with Crippen molar-refractivity contribution in [3.63, 3.8) is 0 Å². The summed E-state index contributed by atoms with van der Waals surface area (Å²) in [6, 6.07) is 13.4. The van der Waals surface area contributed by atoms with E-state index in [1.165, 1.54) is 55.6 Å². The fraction of sp³-hybridized carbons (Fsp3) is 0.120. The van der Waals surface area contributed by atoms with Gasteiger partial charge in [0.25, 0.3) is 11.7 Å². The lowest BCUT2D eigenvalue weighted by atomic mass is 9.94. The molecule has 0 aliphatic carbocycles. The minimum Gasteiger partial charge on any atom is -0.507 e. The molecule has 0 spiro atoms. The molecule has 1 N–H and O–H groups in total. The van der Waals surface area contributed by atoms with E-state index in [1.54, 1.807) is 0 Å². The monoisotopic (exact) mass is 471 g/mol. The molecule has 1 aliphatic heterocycles. The number of nitrogens with zero attached hydrogens (tertiary/aromatic N) is 1. The van der Waals surface area contributed by atoms with Gasteiger partial charge in [-0.2, -0.15) is 13.2 Å². The maximum absolute atomic E-state index is 14.8. The maximum atomic E-state index is 14.8. The molecule has 9 heteroatoms. The first-order chi connectivity index (χ1) is 16.1. The van der Waals surface area contributed by atoms with E-state index in [1.807, 2.05) is 0 Å². The number of carbonyl (C=O) groups is 2. The van der Waals surface area contributed by atoms with Crippen molar-refractivity contribution in [2.24, 2.45) is 0 Å². The van der Waals surface area contributed by atoms with Crippen LogP contribution >= 0.6 is 0 Å². The molecule has 3 aromatic rings. The number of methoxy groups -OCH3 is 1. The number of rotatable bonds is 4. The van der Waals surface area contributed by atoms with Gasteiger partial charge in [-0.3, -0.25) is 14.5 Å². The van der Waals surface area contributed by atoms with Crippen LogP contribution in [-0.2, 0) is 15.8 Å². The predicted molar refractivity (Wildman–Crippen MR) is 116 cm³/mol. The highest BCUT2D eigenvalue weighted by Crippen LogP contribution is 2.44. The van der Waals surface area contributed by atoms with Crippen LogP contribution in [0.1, 0.15) is 22.7 Å². The molecule has 0 bridgehead atoms. The maximum Gasteiger partial charge on any atom is 0.416 e. The molecule has 0 radical (unpaired) electrons. The minimum absolute atomic E-state index is 0.143. The van der Waals surface area contributed by atoms with Gasteiger partial charge >= 0.3 is 6.18 Å². The fourth-order valence-electron chi connectivity index (χ4n) is 3.83. The van der Waals surface area contributed by atoms with Crippen molar-refractivity contribution >= 4 is 23.1 Å². The number of halogens is 4. The molecule has 1 saturated heterocycles. The third-order valence-electron chi connectivity index (χ3n) is 5.46. The van der Waals surface area contributed by atoms with Crippen LogP contribution in [-0.4, -0.2) is 23.9 Å². The zero-order valence-corrected chi connectivity index (χ0v) is 17.6. The number of ketones is 1. The van der Waals surface area contributed by atoms with Gasteiger partial charge in [0.15, 0.2) is 0 Å². The number of Topliss-reactive ketones (excluding diaryl/α,β-unsaturated/α-hetero) is 1. The first-order valence-corrected chi connectivity index (χ1v) is 10.0. The van der Waals surface area contributed by atoms with Crippen LogP contribution < -0.4 is 9.64 Å². The average molecular weight is 471 g/mol. The Morgan fingerprint density at radius 3 is 2.26 bits per heavy atom. The first-order valence-electron chi connectivity index (χ1n) is 10.0. The molecule has 34 heavy (non-hydrogen) atoms. The number of aliphatic hydroxyl groups excluding tert-OH is 1. The van der Waals surface area contributed by atoms with Gasteiger partial charge in [0, 0.05) is 16.8 Å². The van der Waals surface area contributed by atoms with Gasteiger partial charge in [0.1, 0.15) is 17.3 Å². The summed E-state index contributed by atoms with van der Waals surface area (Å²) in [5, 5.41) is 11.0. The molecule has 1 aliphatic rings. The topological polar surface area (TPSA) is 66.8 Å². The van der Waals surface area contributed by atoms with Crippen molar-refractivity contribution in [3.05, 3.63) is 101 Å². The summed E-state index contributed by atoms with van der Waals surface area (Å²) in [6.45, 7) is 0. The van der Waals surface area contributed by atoms with Gasteiger partial charge in [-0.25, -0.2) is 4.39 Å². The van der Waals surface area contributed by atoms with Gasteiger partial charge in [0.05, 0.1) is 24.3 Å². The van der Waals surface area contributed by atoms with E-state index in [0.29, 0.717) is 11.8 Å². The van der Waals surface area contributed by atoms with Crippen molar-refractivity contribution in [2.75, 3.05) is 12.0 Å². The Balaban J connectivity index is 1.95. The predicted octanol–water partition coefficient (Wildman–Crippen LogP) is 5.48. The van der Waals surface area contributed by atoms with E-state index in [9.17, 15) is 32.3 Å². The molecule has 0 unspecified atom stereocenters.